The molecular weight excluding hydrogens is 232 g/mol. The number of fused-ring (bicyclic) bond motifs is 1. The highest BCUT2D eigenvalue weighted by atomic mass is 14.8. The summed E-state index contributed by atoms with van der Waals surface area (Å²) >= 11 is 0. The molecule has 0 atom stereocenters. The Bertz CT molecular complexity index is 737. The van der Waals surface area contributed by atoms with Crippen molar-refractivity contribution in [3.63, 3.8) is 0 Å². The summed E-state index contributed by atoms with van der Waals surface area (Å²) in [5, 5.41) is 1.08. The lowest BCUT2D eigenvalue weighted by Gasteiger charge is -2.11. The van der Waals surface area contributed by atoms with Gasteiger partial charge >= 0.3 is 0 Å². The standard InChI is InChI=1S/C17H16N2/c1-11-9-12(2)16(13(3)10-11)15-7-6-14-5-4-8-18-17(14)19-15/h4-10H,1-3H3. The van der Waals surface area contributed by atoms with Crippen LogP contribution < -0.4 is 0 Å². The summed E-state index contributed by atoms with van der Waals surface area (Å²) in [6, 6.07) is 12.5. The van der Waals surface area contributed by atoms with Gasteiger partial charge in [0.1, 0.15) is 0 Å². The Hall–Kier alpha value is -2.22. The van der Waals surface area contributed by atoms with Crippen molar-refractivity contribution in [1.29, 1.82) is 0 Å². The lowest BCUT2D eigenvalue weighted by molar-refractivity contribution is 1.25. The zero-order chi connectivity index (χ0) is 13.4. The van der Waals surface area contributed by atoms with Gasteiger partial charge in [-0.25, -0.2) is 9.97 Å². The molecule has 3 aromatic rings. The molecule has 0 fully saturated rings. The SMILES string of the molecule is Cc1cc(C)c(-c2ccc3cccnc3n2)c(C)c1. The number of nitrogens with zero attached hydrogens (tertiary/aromatic N) is 2. The van der Waals surface area contributed by atoms with E-state index in [0.29, 0.717) is 0 Å². The molecule has 94 valence electrons. The van der Waals surface area contributed by atoms with E-state index in [9.17, 15) is 0 Å². The molecule has 19 heavy (non-hydrogen) atoms. The largest absolute Gasteiger partial charge is 0.237 e. The van der Waals surface area contributed by atoms with Gasteiger partial charge in [-0.1, -0.05) is 17.7 Å². The van der Waals surface area contributed by atoms with Gasteiger partial charge in [-0.2, -0.15) is 0 Å². The normalized spacial score (nSPS) is 10.9. The highest BCUT2D eigenvalue weighted by Gasteiger charge is 2.08. The number of hydrogen-bond donors (Lipinski definition) is 0. The molecular formula is C17H16N2. The fourth-order valence-electron chi connectivity index (χ4n) is 2.68. The third kappa shape index (κ3) is 2.10. The van der Waals surface area contributed by atoms with Crippen LogP contribution in [-0.4, -0.2) is 9.97 Å². The van der Waals surface area contributed by atoms with Crippen molar-refractivity contribution >= 4 is 11.0 Å². The maximum absolute atomic E-state index is 4.69. The Labute approximate surface area is 113 Å². The van der Waals surface area contributed by atoms with Gasteiger partial charge in [-0.15, -0.1) is 0 Å². The third-order valence-corrected chi connectivity index (χ3v) is 3.40. The highest BCUT2D eigenvalue weighted by Crippen LogP contribution is 2.27. The zero-order valence-corrected chi connectivity index (χ0v) is 11.4. The Morgan fingerprint density at radius 3 is 2.37 bits per heavy atom. The summed E-state index contributed by atoms with van der Waals surface area (Å²) in [4.78, 5) is 9.02. The average molecular weight is 248 g/mol. The van der Waals surface area contributed by atoms with Crippen LogP contribution in [0, 0.1) is 20.8 Å². The summed E-state index contributed by atoms with van der Waals surface area (Å²) in [6.07, 6.45) is 1.79. The molecule has 0 amide bonds. The van der Waals surface area contributed by atoms with Crippen LogP contribution in [0.5, 0.6) is 0 Å². The van der Waals surface area contributed by atoms with E-state index in [1.54, 1.807) is 6.20 Å². The van der Waals surface area contributed by atoms with E-state index in [1.807, 2.05) is 12.1 Å². The van der Waals surface area contributed by atoms with Crippen LogP contribution in [0.2, 0.25) is 0 Å². The second-order valence-corrected chi connectivity index (χ2v) is 5.02. The number of benzene rings is 1. The van der Waals surface area contributed by atoms with E-state index >= 15 is 0 Å². The summed E-state index contributed by atoms with van der Waals surface area (Å²) in [6.45, 7) is 6.40. The molecule has 0 unspecified atom stereocenters. The average Bonchev–Trinajstić information content (AvgIpc) is 2.37. The van der Waals surface area contributed by atoms with Crippen molar-refractivity contribution in [2.75, 3.05) is 0 Å². The minimum absolute atomic E-state index is 0.805. The van der Waals surface area contributed by atoms with Gasteiger partial charge in [0, 0.05) is 17.1 Å². The monoisotopic (exact) mass is 248 g/mol. The Kier molecular flexibility index (Phi) is 2.79. The van der Waals surface area contributed by atoms with Crippen LogP contribution in [0.4, 0.5) is 0 Å². The molecule has 0 saturated carbocycles. The smallest absolute Gasteiger partial charge is 0.159 e. The third-order valence-electron chi connectivity index (χ3n) is 3.40. The van der Waals surface area contributed by atoms with E-state index in [2.05, 4.69) is 55.0 Å². The molecule has 0 N–H and O–H groups in total. The van der Waals surface area contributed by atoms with E-state index in [-0.39, 0.29) is 0 Å². The number of hydrogen-bond acceptors (Lipinski definition) is 2. The molecule has 0 saturated heterocycles. The molecule has 2 aromatic heterocycles. The van der Waals surface area contributed by atoms with Gasteiger partial charge in [0.05, 0.1) is 5.69 Å². The topological polar surface area (TPSA) is 25.8 Å². The summed E-state index contributed by atoms with van der Waals surface area (Å²) < 4.78 is 0. The Balaban J connectivity index is 2.25. The van der Waals surface area contributed by atoms with Crippen molar-refractivity contribution in [1.82, 2.24) is 9.97 Å². The second kappa shape index (κ2) is 4.47. The molecule has 3 rings (SSSR count). The molecule has 0 spiro atoms. The summed E-state index contributed by atoms with van der Waals surface area (Å²) in [7, 11) is 0. The van der Waals surface area contributed by atoms with Crippen LogP contribution in [0.15, 0.2) is 42.6 Å². The highest BCUT2D eigenvalue weighted by molar-refractivity contribution is 5.79. The molecule has 2 heteroatoms. The minimum atomic E-state index is 0.805. The predicted octanol–water partition coefficient (Wildman–Crippen LogP) is 4.22. The van der Waals surface area contributed by atoms with Gasteiger partial charge in [0.2, 0.25) is 0 Å². The van der Waals surface area contributed by atoms with Crippen molar-refractivity contribution in [3.8, 4) is 11.3 Å². The quantitative estimate of drug-likeness (QED) is 0.644. The van der Waals surface area contributed by atoms with Gasteiger partial charge < -0.3 is 0 Å². The molecule has 0 radical (unpaired) electrons. The zero-order valence-electron chi connectivity index (χ0n) is 11.4. The van der Waals surface area contributed by atoms with Crippen LogP contribution >= 0.6 is 0 Å². The first-order valence-corrected chi connectivity index (χ1v) is 6.45. The van der Waals surface area contributed by atoms with E-state index in [0.717, 1.165) is 16.7 Å². The fourth-order valence-corrected chi connectivity index (χ4v) is 2.68. The molecule has 1 aromatic carbocycles. The van der Waals surface area contributed by atoms with E-state index in [1.165, 1.54) is 22.3 Å². The van der Waals surface area contributed by atoms with Gasteiger partial charge in [-0.3, -0.25) is 0 Å². The Morgan fingerprint density at radius 2 is 1.63 bits per heavy atom. The number of aryl methyl sites for hydroxylation is 3. The van der Waals surface area contributed by atoms with Gasteiger partial charge in [0.25, 0.3) is 0 Å². The van der Waals surface area contributed by atoms with E-state index in [4.69, 9.17) is 0 Å². The lowest BCUT2D eigenvalue weighted by atomic mass is 9.97. The number of aromatic nitrogens is 2. The fraction of sp³-hybridized carbons (Fsp3) is 0.176. The maximum atomic E-state index is 4.69. The van der Waals surface area contributed by atoms with Crippen LogP contribution in [-0.2, 0) is 0 Å². The van der Waals surface area contributed by atoms with Crippen molar-refractivity contribution in [2.45, 2.75) is 20.8 Å². The molecule has 0 aliphatic heterocycles. The second-order valence-electron chi connectivity index (χ2n) is 5.02. The van der Waals surface area contributed by atoms with Crippen LogP contribution in [0.1, 0.15) is 16.7 Å². The van der Waals surface area contributed by atoms with Gasteiger partial charge in [0.15, 0.2) is 5.65 Å². The van der Waals surface area contributed by atoms with Crippen LogP contribution in [0.25, 0.3) is 22.3 Å². The molecule has 0 aliphatic rings. The molecule has 2 heterocycles. The minimum Gasteiger partial charge on any atom is -0.237 e. The number of rotatable bonds is 1. The first kappa shape index (κ1) is 11.8. The van der Waals surface area contributed by atoms with E-state index < -0.39 is 0 Å². The Morgan fingerprint density at radius 1 is 0.895 bits per heavy atom. The predicted molar refractivity (Wildman–Crippen MR) is 79.2 cm³/mol. The van der Waals surface area contributed by atoms with Crippen molar-refractivity contribution < 1.29 is 0 Å². The molecule has 0 bridgehead atoms. The molecule has 2 nitrogen and oxygen atoms in total. The maximum Gasteiger partial charge on any atom is 0.159 e. The van der Waals surface area contributed by atoms with Crippen LogP contribution in [0.3, 0.4) is 0 Å². The molecule has 0 aliphatic carbocycles. The lowest BCUT2D eigenvalue weighted by Crippen LogP contribution is -1.93. The van der Waals surface area contributed by atoms with Crippen molar-refractivity contribution in [2.24, 2.45) is 0 Å². The van der Waals surface area contributed by atoms with Crippen molar-refractivity contribution in [3.05, 3.63) is 59.3 Å². The number of pyridine rings is 2. The first-order chi connectivity index (χ1) is 9.15. The first-order valence-electron chi connectivity index (χ1n) is 6.45. The summed E-state index contributed by atoms with van der Waals surface area (Å²) in [5.41, 5.74) is 6.84. The summed E-state index contributed by atoms with van der Waals surface area (Å²) in [5.74, 6) is 0. The van der Waals surface area contributed by atoms with Gasteiger partial charge in [-0.05, 0) is 56.2 Å².